The first-order valence-corrected chi connectivity index (χ1v) is 9.42. The van der Waals surface area contributed by atoms with Gasteiger partial charge < -0.3 is 18.9 Å². The smallest absolute Gasteiger partial charge is 0.185 e. The Labute approximate surface area is 163 Å². The van der Waals surface area contributed by atoms with Crippen LogP contribution in [0.5, 0.6) is 11.5 Å². The number of halogens is 2. The van der Waals surface area contributed by atoms with Crippen LogP contribution in [0.25, 0.3) is 0 Å². The highest BCUT2D eigenvalue weighted by Gasteiger charge is 2.29. The molecule has 3 rings (SSSR count). The van der Waals surface area contributed by atoms with E-state index in [0.29, 0.717) is 23.3 Å². The molecule has 1 heterocycles. The molecule has 2 aromatic carbocycles. The zero-order chi connectivity index (χ0) is 18.5. The highest BCUT2D eigenvalue weighted by Crippen LogP contribution is 2.33. The van der Waals surface area contributed by atoms with E-state index in [4.69, 9.17) is 42.1 Å². The molecule has 0 aliphatic carbocycles. The van der Waals surface area contributed by atoms with Gasteiger partial charge in [-0.1, -0.05) is 36.2 Å². The van der Waals surface area contributed by atoms with Gasteiger partial charge in [-0.3, -0.25) is 0 Å². The third-order valence-electron chi connectivity index (χ3n) is 4.14. The lowest BCUT2D eigenvalue weighted by atomic mass is 10.2. The monoisotopic (exact) mass is 396 g/mol. The molecule has 0 amide bonds. The van der Waals surface area contributed by atoms with Crippen LogP contribution in [-0.4, -0.2) is 25.4 Å². The van der Waals surface area contributed by atoms with Crippen molar-refractivity contribution in [2.24, 2.45) is 0 Å². The van der Waals surface area contributed by atoms with Crippen molar-refractivity contribution in [2.75, 3.05) is 13.2 Å². The summed E-state index contributed by atoms with van der Waals surface area (Å²) in [4.78, 5) is 0. The lowest BCUT2D eigenvalue weighted by molar-refractivity contribution is -0.0658. The van der Waals surface area contributed by atoms with Gasteiger partial charge in [0.05, 0.1) is 17.7 Å². The standard InChI is InChI=1S/C20H22Cl2O4/c1-3-13(2)25-16-7-5-15(6-8-16)23-11-17-12-24-20(26-17)18-9-4-14(21)10-19(18)22/h4-10,13,17,20H,3,11-12H2,1-2H3. The molecule has 1 fully saturated rings. The Bertz CT molecular complexity index is 720. The minimum Gasteiger partial charge on any atom is -0.491 e. The fourth-order valence-corrected chi connectivity index (χ4v) is 3.01. The fraction of sp³-hybridized carbons (Fsp3) is 0.400. The molecule has 0 bridgehead atoms. The van der Waals surface area contributed by atoms with Gasteiger partial charge in [-0.15, -0.1) is 0 Å². The van der Waals surface area contributed by atoms with E-state index < -0.39 is 6.29 Å². The molecule has 0 radical (unpaired) electrons. The summed E-state index contributed by atoms with van der Waals surface area (Å²) < 4.78 is 23.1. The van der Waals surface area contributed by atoms with Crippen LogP contribution in [-0.2, 0) is 9.47 Å². The van der Waals surface area contributed by atoms with Gasteiger partial charge >= 0.3 is 0 Å². The normalized spacial score (nSPS) is 20.8. The molecule has 0 N–H and O–H groups in total. The SMILES string of the molecule is CCC(C)Oc1ccc(OCC2COC(c3ccc(Cl)cc3Cl)O2)cc1. The first-order valence-electron chi connectivity index (χ1n) is 8.66. The minimum absolute atomic E-state index is 0.164. The molecule has 0 spiro atoms. The van der Waals surface area contributed by atoms with Crippen LogP contribution < -0.4 is 9.47 Å². The van der Waals surface area contributed by atoms with E-state index in [1.54, 1.807) is 12.1 Å². The van der Waals surface area contributed by atoms with Crippen molar-refractivity contribution < 1.29 is 18.9 Å². The Kier molecular flexibility index (Phi) is 6.65. The number of benzene rings is 2. The van der Waals surface area contributed by atoms with Gasteiger partial charge in [0.25, 0.3) is 0 Å². The van der Waals surface area contributed by atoms with Gasteiger partial charge in [0.2, 0.25) is 0 Å². The fourth-order valence-electron chi connectivity index (χ4n) is 2.51. The Morgan fingerprint density at radius 1 is 1.12 bits per heavy atom. The zero-order valence-corrected chi connectivity index (χ0v) is 16.3. The number of ether oxygens (including phenoxy) is 4. The van der Waals surface area contributed by atoms with Crippen LogP contribution in [0.15, 0.2) is 42.5 Å². The lowest BCUT2D eigenvalue weighted by Gasteiger charge is -2.15. The molecule has 0 saturated carbocycles. The van der Waals surface area contributed by atoms with E-state index in [0.717, 1.165) is 23.5 Å². The van der Waals surface area contributed by atoms with Gasteiger partial charge in [0.15, 0.2) is 6.29 Å². The predicted octanol–water partition coefficient (Wildman–Crippen LogP) is 5.66. The predicted molar refractivity (Wildman–Crippen MR) is 102 cm³/mol. The van der Waals surface area contributed by atoms with Gasteiger partial charge in [0, 0.05) is 10.6 Å². The molecule has 1 saturated heterocycles. The number of hydrogen-bond acceptors (Lipinski definition) is 4. The van der Waals surface area contributed by atoms with E-state index in [-0.39, 0.29) is 12.2 Å². The first kappa shape index (κ1) is 19.3. The van der Waals surface area contributed by atoms with Crippen LogP contribution in [0, 0.1) is 0 Å². The van der Waals surface area contributed by atoms with E-state index in [2.05, 4.69) is 6.92 Å². The van der Waals surface area contributed by atoms with Crippen molar-refractivity contribution in [3.63, 3.8) is 0 Å². The van der Waals surface area contributed by atoms with Crippen LogP contribution in [0.4, 0.5) is 0 Å². The third-order valence-corrected chi connectivity index (χ3v) is 4.70. The Hall–Kier alpha value is -1.46. The molecule has 3 unspecified atom stereocenters. The van der Waals surface area contributed by atoms with Crippen molar-refractivity contribution in [1.29, 1.82) is 0 Å². The van der Waals surface area contributed by atoms with E-state index >= 15 is 0 Å². The van der Waals surface area contributed by atoms with E-state index in [1.165, 1.54) is 0 Å². The maximum atomic E-state index is 6.20. The van der Waals surface area contributed by atoms with Crippen molar-refractivity contribution in [3.8, 4) is 11.5 Å². The number of hydrogen-bond donors (Lipinski definition) is 0. The average Bonchev–Trinajstić information content (AvgIpc) is 3.09. The quantitative estimate of drug-likeness (QED) is 0.604. The average molecular weight is 397 g/mol. The summed E-state index contributed by atoms with van der Waals surface area (Å²) >= 11 is 12.1. The molecular formula is C20H22Cl2O4. The van der Waals surface area contributed by atoms with Gasteiger partial charge in [-0.2, -0.15) is 0 Å². The summed E-state index contributed by atoms with van der Waals surface area (Å²) in [6.07, 6.45) is 0.501. The maximum Gasteiger partial charge on any atom is 0.185 e. The first-order chi connectivity index (χ1) is 12.5. The second-order valence-electron chi connectivity index (χ2n) is 6.21. The van der Waals surface area contributed by atoms with Crippen LogP contribution in [0.1, 0.15) is 32.1 Å². The van der Waals surface area contributed by atoms with E-state index in [9.17, 15) is 0 Å². The molecule has 1 aliphatic rings. The lowest BCUT2D eigenvalue weighted by Crippen LogP contribution is -2.20. The second kappa shape index (κ2) is 8.96. The molecule has 26 heavy (non-hydrogen) atoms. The summed E-state index contributed by atoms with van der Waals surface area (Å²) in [5, 5.41) is 1.11. The maximum absolute atomic E-state index is 6.20. The molecule has 140 valence electrons. The summed E-state index contributed by atoms with van der Waals surface area (Å²) in [6.45, 7) is 4.98. The molecule has 4 nitrogen and oxygen atoms in total. The molecule has 3 atom stereocenters. The zero-order valence-electron chi connectivity index (χ0n) is 14.8. The van der Waals surface area contributed by atoms with Crippen molar-refractivity contribution in [1.82, 2.24) is 0 Å². The summed E-state index contributed by atoms with van der Waals surface area (Å²) in [6, 6.07) is 12.9. The van der Waals surface area contributed by atoms with Crippen molar-refractivity contribution >= 4 is 23.2 Å². The van der Waals surface area contributed by atoms with E-state index in [1.807, 2.05) is 37.3 Å². The second-order valence-corrected chi connectivity index (χ2v) is 7.05. The summed E-state index contributed by atoms with van der Waals surface area (Å²) in [7, 11) is 0. The summed E-state index contributed by atoms with van der Waals surface area (Å²) in [5.74, 6) is 1.60. The Balaban J connectivity index is 1.50. The van der Waals surface area contributed by atoms with Crippen molar-refractivity contribution in [3.05, 3.63) is 58.1 Å². The molecule has 2 aromatic rings. The van der Waals surface area contributed by atoms with Gasteiger partial charge in [-0.05, 0) is 49.7 Å². The molecule has 1 aliphatic heterocycles. The minimum atomic E-state index is -0.500. The van der Waals surface area contributed by atoms with Crippen molar-refractivity contribution in [2.45, 2.75) is 38.8 Å². The Morgan fingerprint density at radius 3 is 2.54 bits per heavy atom. The molecule has 6 heteroatoms. The highest BCUT2D eigenvalue weighted by atomic mass is 35.5. The largest absolute Gasteiger partial charge is 0.491 e. The summed E-state index contributed by atoms with van der Waals surface area (Å²) in [5.41, 5.74) is 0.769. The molecular weight excluding hydrogens is 375 g/mol. The van der Waals surface area contributed by atoms with Crippen LogP contribution in [0.3, 0.4) is 0 Å². The Morgan fingerprint density at radius 2 is 1.85 bits per heavy atom. The molecule has 0 aromatic heterocycles. The van der Waals surface area contributed by atoms with Crippen LogP contribution in [0.2, 0.25) is 10.0 Å². The van der Waals surface area contributed by atoms with Crippen LogP contribution >= 0.6 is 23.2 Å². The highest BCUT2D eigenvalue weighted by molar-refractivity contribution is 6.35. The van der Waals surface area contributed by atoms with Gasteiger partial charge in [0.1, 0.15) is 24.2 Å². The third kappa shape index (κ3) is 5.04. The topological polar surface area (TPSA) is 36.9 Å². The van der Waals surface area contributed by atoms with Gasteiger partial charge in [-0.25, -0.2) is 0 Å². The number of rotatable bonds is 7.